The first-order chi connectivity index (χ1) is 8.69. The van der Waals surface area contributed by atoms with Gasteiger partial charge in [-0.1, -0.05) is 43.6 Å². The Bertz CT molecular complexity index is 343. The van der Waals surface area contributed by atoms with Gasteiger partial charge < -0.3 is 5.32 Å². The molecule has 2 atom stereocenters. The van der Waals surface area contributed by atoms with Crippen LogP contribution in [0.4, 0.5) is 0 Å². The lowest BCUT2D eigenvalue weighted by Crippen LogP contribution is -2.38. The number of nitrogens with one attached hydrogen (secondary N) is 1. The fraction of sp³-hybridized carbons (Fsp3) is 0.600. The Morgan fingerprint density at radius 2 is 2.06 bits per heavy atom. The van der Waals surface area contributed by atoms with Gasteiger partial charge in [0.25, 0.3) is 0 Å². The van der Waals surface area contributed by atoms with Gasteiger partial charge in [-0.15, -0.1) is 0 Å². The van der Waals surface area contributed by atoms with Crippen LogP contribution in [0.15, 0.2) is 24.3 Å². The summed E-state index contributed by atoms with van der Waals surface area (Å²) in [5.41, 5.74) is 1.25. The molecule has 0 bridgehead atoms. The second kappa shape index (κ2) is 8.84. The summed E-state index contributed by atoms with van der Waals surface area (Å²) < 4.78 is 0. The summed E-state index contributed by atoms with van der Waals surface area (Å²) in [4.78, 5) is 0. The molecule has 0 aliphatic rings. The van der Waals surface area contributed by atoms with Gasteiger partial charge in [0.2, 0.25) is 0 Å². The van der Waals surface area contributed by atoms with Crippen LogP contribution in [0.3, 0.4) is 0 Å². The van der Waals surface area contributed by atoms with Gasteiger partial charge in [-0.3, -0.25) is 0 Å². The molecule has 1 aromatic rings. The predicted octanol–water partition coefficient (Wildman–Crippen LogP) is 4.25. The molecule has 1 rings (SSSR count). The first-order valence-electron chi connectivity index (χ1n) is 6.64. The van der Waals surface area contributed by atoms with E-state index < -0.39 is 0 Å². The van der Waals surface area contributed by atoms with E-state index >= 15 is 0 Å². The van der Waals surface area contributed by atoms with E-state index in [2.05, 4.69) is 37.6 Å². The summed E-state index contributed by atoms with van der Waals surface area (Å²) in [6.45, 7) is 5.60. The van der Waals surface area contributed by atoms with Crippen LogP contribution in [-0.2, 0) is 6.42 Å². The topological polar surface area (TPSA) is 12.0 Å². The van der Waals surface area contributed by atoms with Crippen LogP contribution >= 0.6 is 23.4 Å². The molecule has 0 saturated heterocycles. The molecule has 0 saturated carbocycles. The number of rotatable bonds is 8. The van der Waals surface area contributed by atoms with Gasteiger partial charge in [0.05, 0.1) is 0 Å². The molecule has 0 aliphatic heterocycles. The third-order valence-electron chi connectivity index (χ3n) is 3.17. The number of thioether (sulfide) groups is 1. The van der Waals surface area contributed by atoms with Crippen molar-refractivity contribution < 1.29 is 0 Å². The molecule has 0 radical (unpaired) electrons. The second-order valence-electron chi connectivity index (χ2n) is 4.79. The molecule has 0 aromatic heterocycles. The minimum Gasteiger partial charge on any atom is -0.313 e. The van der Waals surface area contributed by atoms with Gasteiger partial charge in [0.15, 0.2) is 0 Å². The van der Waals surface area contributed by atoms with Crippen molar-refractivity contribution in [3.05, 3.63) is 34.9 Å². The zero-order valence-corrected chi connectivity index (χ0v) is 13.2. The Kier molecular flexibility index (Phi) is 7.80. The lowest BCUT2D eigenvalue weighted by atomic mass is 9.96. The maximum atomic E-state index is 6.25. The fourth-order valence-electron chi connectivity index (χ4n) is 2.08. The Labute approximate surface area is 121 Å². The first kappa shape index (κ1) is 15.9. The van der Waals surface area contributed by atoms with Crippen molar-refractivity contribution in [2.75, 3.05) is 18.6 Å². The molecule has 0 aliphatic carbocycles. The molecule has 102 valence electrons. The van der Waals surface area contributed by atoms with Gasteiger partial charge >= 0.3 is 0 Å². The third-order valence-corrected chi connectivity index (χ3v) is 4.40. The predicted molar refractivity (Wildman–Crippen MR) is 84.8 cm³/mol. The highest BCUT2D eigenvalue weighted by atomic mass is 35.5. The van der Waals surface area contributed by atoms with Crippen LogP contribution in [0.1, 0.15) is 25.8 Å². The Morgan fingerprint density at radius 1 is 1.33 bits per heavy atom. The standard InChI is InChI=1S/C15H24ClNS/c1-4-9-17-15(12(2)11-18-3)10-13-7-5-6-8-14(13)16/h5-8,12,15,17H,4,9-11H2,1-3H3. The lowest BCUT2D eigenvalue weighted by Gasteiger charge is -2.25. The molecule has 1 N–H and O–H groups in total. The van der Waals surface area contributed by atoms with E-state index in [1.54, 1.807) is 0 Å². The van der Waals surface area contributed by atoms with Crippen molar-refractivity contribution in [2.45, 2.75) is 32.7 Å². The van der Waals surface area contributed by atoms with Crippen LogP contribution < -0.4 is 5.32 Å². The van der Waals surface area contributed by atoms with Crippen molar-refractivity contribution in [3.8, 4) is 0 Å². The monoisotopic (exact) mass is 285 g/mol. The van der Waals surface area contributed by atoms with Crippen LogP contribution in [0.2, 0.25) is 5.02 Å². The highest BCUT2D eigenvalue weighted by Crippen LogP contribution is 2.20. The summed E-state index contributed by atoms with van der Waals surface area (Å²) in [6, 6.07) is 8.68. The van der Waals surface area contributed by atoms with E-state index in [-0.39, 0.29) is 0 Å². The number of hydrogen-bond donors (Lipinski definition) is 1. The average molecular weight is 286 g/mol. The summed E-state index contributed by atoms with van der Waals surface area (Å²) in [5, 5.41) is 4.54. The van der Waals surface area contributed by atoms with E-state index in [1.807, 2.05) is 23.9 Å². The van der Waals surface area contributed by atoms with Crippen molar-refractivity contribution in [1.82, 2.24) is 5.32 Å². The van der Waals surface area contributed by atoms with Gasteiger partial charge in [-0.2, -0.15) is 11.8 Å². The molecule has 3 heteroatoms. The second-order valence-corrected chi connectivity index (χ2v) is 6.11. The Morgan fingerprint density at radius 3 is 2.67 bits per heavy atom. The molecule has 18 heavy (non-hydrogen) atoms. The zero-order valence-electron chi connectivity index (χ0n) is 11.6. The molecule has 0 fully saturated rings. The summed E-state index contributed by atoms with van der Waals surface area (Å²) in [6.07, 6.45) is 4.36. The normalized spacial score (nSPS) is 14.4. The largest absolute Gasteiger partial charge is 0.313 e. The van der Waals surface area contributed by atoms with Crippen molar-refractivity contribution in [1.29, 1.82) is 0 Å². The summed E-state index contributed by atoms with van der Waals surface area (Å²) in [7, 11) is 0. The van der Waals surface area contributed by atoms with E-state index in [0.29, 0.717) is 12.0 Å². The Balaban J connectivity index is 2.68. The van der Waals surface area contributed by atoms with Crippen LogP contribution in [0.5, 0.6) is 0 Å². The quantitative estimate of drug-likeness (QED) is 0.766. The number of halogens is 1. The maximum absolute atomic E-state index is 6.25. The van der Waals surface area contributed by atoms with E-state index in [9.17, 15) is 0 Å². The van der Waals surface area contributed by atoms with Gasteiger partial charge in [-0.05, 0) is 48.9 Å². The van der Waals surface area contributed by atoms with E-state index in [0.717, 1.165) is 18.0 Å². The van der Waals surface area contributed by atoms with Gasteiger partial charge in [-0.25, -0.2) is 0 Å². The molecule has 0 amide bonds. The molecular formula is C15H24ClNS. The number of hydrogen-bond acceptors (Lipinski definition) is 2. The van der Waals surface area contributed by atoms with E-state index in [1.165, 1.54) is 17.7 Å². The molecule has 1 nitrogen and oxygen atoms in total. The number of benzene rings is 1. The SMILES string of the molecule is CCCNC(Cc1ccccc1Cl)C(C)CSC. The highest BCUT2D eigenvalue weighted by molar-refractivity contribution is 7.98. The summed E-state index contributed by atoms with van der Waals surface area (Å²) >= 11 is 8.16. The minimum atomic E-state index is 0.511. The minimum absolute atomic E-state index is 0.511. The van der Waals surface area contributed by atoms with Crippen molar-refractivity contribution in [3.63, 3.8) is 0 Å². The highest BCUT2D eigenvalue weighted by Gasteiger charge is 2.17. The smallest absolute Gasteiger partial charge is 0.0438 e. The van der Waals surface area contributed by atoms with Crippen LogP contribution in [0.25, 0.3) is 0 Å². The molecule has 0 spiro atoms. The average Bonchev–Trinajstić information content (AvgIpc) is 2.36. The molecule has 2 unspecified atom stereocenters. The van der Waals surface area contributed by atoms with Crippen molar-refractivity contribution in [2.24, 2.45) is 5.92 Å². The maximum Gasteiger partial charge on any atom is 0.0438 e. The fourth-order valence-corrected chi connectivity index (χ4v) is 3.06. The first-order valence-corrected chi connectivity index (χ1v) is 8.42. The van der Waals surface area contributed by atoms with Gasteiger partial charge in [0, 0.05) is 11.1 Å². The van der Waals surface area contributed by atoms with Crippen molar-refractivity contribution >= 4 is 23.4 Å². The lowest BCUT2D eigenvalue weighted by molar-refractivity contribution is 0.402. The zero-order chi connectivity index (χ0) is 13.4. The molecule has 0 heterocycles. The molecular weight excluding hydrogens is 262 g/mol. The van der Waals surface area contributed by atoms with E-state index in [4.69, 9.17) is 11.6 Å². The third kappa shape index (κ3) is 5.21. The Hall–Kier alpha value is -0.180. The summed E-state index contributed by atoms with van der Waals surface area (Å²) in [5.74, 6) is 1.84. The van der Waals surface area contributed by atoms with Gasteiger partial charge in [0.1, 0.15) is 0 Å². The van der Waals surface area contributed by atoms with Crippen LogP contribution in [-0.4, -0.2) is 24.6 Å². The van der Waals surface area contributed by atoms with Crippen LogP contribution in [0, 0.1) is 5.92 Å². The molecule has 1 aromatic carbocycles.